The van der Waals surface area contributed by atoms with Gasteiger partial charge in [-0.05, 0) is 31.9 Å². The van der Waals surface area contributed by atoms with Crippen molar-refractivity contribution < 1.29 is 4.79 Å². The van der Waals surface area contributed by atoms with Gasteiger partial charge in [-0.25, -0.2) is 0 Å². The molecule has 1 rings (SSSR count). The van der Waals surface area contributed by atoms with Crippen molar-refractivity contribution in [2.75, 3.05) is 6.54 Å². The van der Waals surface area contributed by atoms with E-state index in [0.717, 1.165) is 37.1 Å². The maximum atomic E-state index is 12.2. The smallest absolute Gasteiger partial charge is 0.285 e. The molecule has 1 aromatic heterocycles. The molecule has 0 aliphatic heterocycles. The number of unbranched alkanes of at least 4 members (excludes halogenated alkanes) is 2. The molecule has 0 aliphatic rings. The van der Waals surface area contributed by atoms with E-state index in [1.807, 2.05) is 18.7 Å². The van der Waals surface area contributed by atoms with Gasteiger partial charge in [-0.3, -0.25) is 4.79 Å². The number of halogens is 1. The molecule has 0 saturated heterocycles. The van der Waals surface area contributed by atoms with E-state index in [1.54, 1.807) is 0 Å². The van der Waals surface area contributed by atoms with Crippen LogP contribution in [-0.2, 0) is 0 Å². The van der Waals surface area contributed by atoms with Gasteiger partial charge in [0.15, 0.2) is 0 Å². The molecule has 0 saturated carbocycles. The van der Waals surface area contributed by atoms with Crippen LogP contribution in [0.25, 0.3) is 0 Å². The van der Waals surface area contributed by atoms with Crippen LogP contribution in [0.3, 0.4) is 0 Å². The average molecular weight is 276 g/mol. The molecule has 0 N–H and O–H groups in total. The zero-order chi connectivity index (χ0) is 12.8. The normalized spacial score (nSPS) is 10.9. The summed E-state index contributed by atoms with van der Waals surface area (Å²) in [5.41, 5.74) is 0. The molecule has 4 nitrogen and oxygen atoms in total. The molecule has 1 aromatic rings. The molecule has 0 atom stereocenters. The second kappa shape index (κ2) is 6.91. The number of nitrogens with zero attached hydrogens (tertiary/aromatic N) is 3. The number of hydrogen-bond acceptors (Lipinski definition) is 4. The average Bonchev–Trinajstić information content (AvgIpc) is 2.70. The fourth-order valence-electron chi connectivity index (χ4n) is 1.54. The van der Waals surface area contributed by atoms with E-state index in [0.29, 0.717) is 9.47 Å². The lowest BCUT2D eigenvalue weighted by Crippen LogP contribution is -2.37. The van der Waals surface area contributed by atoms with Gasteiger partial charge < -0.3 is 4.90 Å². The lowest BCUT2D eigenvalue weighted by molar-refractivity contribution is 0.0701. The first-order valence-corrected chi connectivity index (χ1v) is 7.05. The summed E-state index contributed by atoms with van der Waals surface area (Å²) in [5.74, 6) is -0.0690. The molecular weight excluding hydrogens is 258 g/mol. The number of aromatic nitrogens is 2. The third kappa shape index (κ3) is 4.24. The Morgan fingerprint density at radius 3 is 2.59 bits per heavy atom. The zero-order valence-corrected chi connectivity index (χ0v) is 12.0. The van der Waals surface area contributed by atoms with Crippen molar-refractivity contribution in [2.24, 2.45) is 0 Å². The van der Waals surface area contributed by atoms with Crippen LogP contribution in [0.2, 0.25) is 4.47 Å². The topological polar surface area (TPSA) is 46.1 Å². The highest BCUT2D eigenvalue weighted by atomic mass is 35.5. The van der Waals surface area contributed by atoms with Crippen molar-refractivity contribution >= 4 is 28.8 Å². The Hall–Kier alpha value is -0.680. The lowest BCUT2D eigenvalue weighted by Gasteiger charge is -2.25. The predicted molar refractivity (Wildman–Crippen MR) is 70.6 cm³/mol. The van der Waals surface area contributed by atoms with Crippen molar-refractivity contribution in [1.82, 2.24) is 15.1 Å². The molecule has 96 valence electrons. The van der Waals surface area contributed by atoms with Crippen molar-refractivity contribution in [3.63, 3.8) is 0 Å². The summed E-state index contributed by atoms with van der Waals surface area (Å²) in [6.45, 7) is 6.92. The molecule has 1 heterocycles. The Morgan fingerprint density at radius 2 is 2.12 bits per heavy atom. The van der Waals surface area contributed by atoms with E-state index in [9.17, 15) is 4.79 Å². The van der Waals surface area contributed by atoms with Crippen molar-refractivity contribution in [3.05, 3.63) is 9.47 Å². The third-order valence-corrected chi connectivity index (χ3v) is 3.48. The summed E-state index contributed by atoms with van der Waals surface area (Å²) in [5, 5.41) is 7.83. The maximum Gasteiger partial charge on any atom is 0.285 e. The Bertz CT molecular complexity index is 367. The predicted octanol–water partition coefficient (Wildman–Crippen LogP) is 3.23. The van der Waals surface area contributed by atoms with Crippen LogP contribution >= 0.6 is 22.9 Å². The summed E-state index contributed by atoms with van der Waals surface area (Å²) in [6.07, 6.45) is 3.30. The van der Waals surface area contributed by atoms with E-state index in [2.05, 4.69) is 17.1 Å². The van der Waals surface area contributed by atoms with Crippen LogP contribution in [0.5, 0.6) is 0 Å². The molecule has 0 unspecified atom stereocenters. The molecule has 0 radical (unpaired) electrons. The summed E-state index contributed by atoms with van der Waals surface area (Å²) in [6, 6.07) is 0.169. The number of carbonyl (C=O) groups is 1. The highest BCUT2D eigenvalue weighted by molar-refractivity contribution is 7.17. The zero-order valence-electron chi connectivity index (χ0n) is 10.4. The van der Waals surface area contributed by atoms with Gasteiger partial charge in [-0.15, -0.1) is 10.2 Å². The summed E-state index contributed by atoms with van der Waals surface area (Å²) >= 11 is 6.82. The van der Waals surface area contributed by atoms with Crippen LogP contribution in [0, 0.1) is 0 Å². The van der Waals surface area contributed by atoms with Crippen LogP contribution in [0.15, 0.2) is 0 Å². The Kier molecular flexibility index (Phi) is 5.85. The van der Waals surface area contributed by atoms with Gasteiger partial charge in [-0.1, -0.05) is 31.1 Å². The first kappa shape index (κ1) is 14.4. The van der Waals surface area contributed by atoms with Gasteiger partial charge in [0, 0.05) is 12.6 Å². The van der Waals surface area contributed by atoms with Crippen molar-refractivity contribution in [2.45, 2.75) is 46.1 Å². The van der Waals surface area contributed by atoms with E-state index in [1.165, 1.54) is 0 Å². The lowest BCUT2D eigenvalue weighted by atomic mass is 10.2. The Labute approximate surface area is 111 Å². The Morgan fingerprint density at radius 1 is 1.41 bits per heavy atom. The van der Waals surface area contributed by atoms with Crippen LogP contribution in [-0.4, -0.2) is 33.6 Å². The van der Waals surface area contributed by atoms with Crippen LogP contribution < -0.4 is 0 Å². The highest BCUT2D eigenvalue weighted by Gasteiger charge is 2.21. The SMILES string of the molecule is CCCCCN(C(=O)c1nnc(Cl)s1)C(C)C. The first-order valence-electron chi connectivity index (χ1n) is 5.86. The van der Waals surface area contributed by atoms with E-state index in [4.69, 9.17) is 11.6 Å². The number of hydrogen-bond donors (Lipinski definition) is 0. The first-order chi connectivity index (χ1) is 8.06. The minimum absolute atomic E-state index is 0.0690. The standard InChI is InChI=1S/C11H18ClN3OS/c1-4-5-6-7-15(8(2)3)10(16)9-13-14-11(12)17-9/h8H,4-7H2,1-3H3. The summed E-state index contributed by atoms with van der Waals surface area (Å²) in [4.78, 5) is 14.0. The van der Waals surface area contributed by atoms with E-state index >= 15 is 0 Å². The fraction of sp³-hybridized carbons (Fsp3) is 0.727. The molecule has 0 aliphatic carbocycles. The number of rotatable bonds is 6. The van der Waals surface area contributed by atoms with E-state index in [-0.39, 0.29) is 11.9 Å². The quantitative estimate of drug-likeness (QED) is 0.749. The molecule has 17 heavy (non-hydrogen) atoms. The van der Waals surface area contributed by atoms with Gasteiger partial charge in [0.1, 0.15) is 0 Å². The summed E-state index contributed by atoms with van der Waals surface area (Å²) in [7, 11) is 0. The molecule has 0 aromatic carbocycles. The van der Waals surface area contributed by atoms with Gasteiger partial charge in [-0.2, -0.15) is 0 Å². The van der Waals surface area contributed by atoms with Crippen LogP contribution in [0.4, 0.5) is 0 Å². The molecule has 6 heteroatoms. The number of amides is 1. The van der Waals surface area contributed by atoms with Crippen molar-refractivity contribution in [3.8, 4) is 0 Å². The monoisotopic (exact) mass is 275 g/mol. The second-order valence-electron chi connectivity index (χ2n) is 4.16. The highest BCUT2D eigenvalue weighted by Crippen LogP contribution is 2.18. The van der Waals surface area contributed by atoms with Gasteiger partial charge in [0.25, 0.3) is 5.91 Å². The van der Waals surface area contributed by atoms with E-state index < -0.39 is 0 Å². The summed E-state index contributed by atoms with van der Waals surface area (Å²) < 4.78 is 0.311. The number of carbonyl (C=O) groups excluding carboxylic acids is 1. The van der Waals surface area contributed by atoms with Crippen molar-refractivity contribution in [1.29, 1.82) is 0 Å². The molecule has 0 spiro atoms. The minimum Gasteiger partial charge on any atom is -0.334 e. The van der Waals surface area contributed by atoms with Gasteiger partial charge in [0.2, 0.25) is 9.47 Å². The molecule has 0 bridgehead atoms. The largest absolute Gasteiger partial charge is 0.334 e. The van der Waals surface area contributed by atoms with Gasteiger partial charge in [0.05, 0.1) is 0 Å². The molecular formula is C11H18ClN3OS. The Balaban J connectivity index is 2.67. The minimum atomic E-state index is -0.0690. The second-order valence-corrected chi connectivity index (χ2v) is 5.72. The fourth-order valence-corrected chi connectivity index (χ4v) is 2.33. The molecule has 1 amide bonds. The van der Waals surface area contributed by atoms with Gasteiger partial charge >= 0.3 is 0 Å². The van der Waals surface area contributed by atoms with Crippen LogP contribution in [0.1, 0.15) is 49.8 Å². The molecule has 0 fully saturated rings. The maximum absolute atomic E-state index is 12.2. The third-order valence-electron chi connectivity index (χ3n) is 2.47.